The number of hydrogen-bond donors (Lipinski definition) is 1. The molecule has 0 aliphatic heterocycles. The molecular formula is C12H11FN2O6. The van der Waals surface area contributed by atoms with Crippen molar-refractivity contribution in [3.8, 4) is 0 Å². The smallest absolute Gasteiger partial charge is 0.354 e. The number of nitrogens with zero attached hydrogens (tertiary/aromatic N) is 1. The lowest BCUT2D eigenvalue weighted by Crippen LogP contribution is -2.15. The first-order valence-electron chi connectivity index (χ1n) is 5.48. The van der Waals surface area contributed by atoms with Gasteiger partial charge in [0.1, 0.15) is 5.70 Å². The zero-order chi connectivity index (χ0) is 16.0. The number of nitrogens with one attached hydrogen (secondary N) is 1. The van der Waals surface area contributed by atoms with Crippen molar-refractivity contribution in [3.63, 3.8) is 0 Å². The highest BCUT2D eigenvalue weighted by Crippen LogP contribution is 2.21. The van der Waals surface area contributed by atoms with Crippen LogP contribution in [0.1, 0.15) is 0 Å². The Morgan fingerprint density at radius 1 is 1.33 bits per heavy atom. The van der Waals surface area contributed by atoms with E-state index in [1.807, 2.05) is 0 Å². The molecule has 1 N–H and O–H groups in total. The predicted octanol–water partition coefficient (Wildman–Crippen LogP) is 1.38. The van der Waals surface area contributed by atoms with E-state index in [1.54, 1.807) is 0 Å². The maximum Gasteiger partial charge on any atom is 0.354 e. The minimum Gasteiger partial charge on any atom is -0.466 e. The zero-order valence-electron chi connectivity index (χ0n) is 11.1. The summed E-state index contributed by atoms with van der Waals surface area (Å²) >= 11 is 0. The lowest BCUT2D eigenvalue weighted by atomic mass is 10.2. The van der Waals surface area contributed by atoms with Gasteiger partial charge in [-0.05, 0) is 6.07 Å². The maximum absolute atomic E-state index is 13.5. The highest BCUT2D eigenvalue weighted by Gasteiger charge is 2.17. The molecule has 0 atom stereocenters. The van der Waals surface area contributed by atoms with E-state index in [2.05, 4.69) is 14.8 Å². The molecule has 1 rings (SSSR count). The van der Waals surface area contributed by atoms with Gasteiger partial charge in [-0.2, -0.15) is 4.39 Å². The van der Waals surface area contributed by atoms with Crippen LogP contribution in [-0.4, -0.2) is 31.1 Å². The first-order valence-corrected chi connectivity index (χ1v) is 5.48. The molecule has 0 amide bonds. The van der Waals surface area contributed by atoms with Gasteiger partial charge in [0.25, 0.3) is 0 Å². The van der Waals surface area contributed by atoms with E-state index in [4.69, 9.17) is 0 Å². The van der Waals surface area contributed by atoms with Crippen LogP contribution in [0.3, 0.4) is 0 Å². The monoisotopic (exact) mass is 298 g/mol. The third kappa shape index (κ3) is 4.27. The van der Waals surface area contributed by atoms with E-state index in [-0.39, 0.29) is 11.4 Å². The number of rotatable bonds is 5. The molecule has 8 nitrogen and oxygen atoms in total. The molecule has 0 spiro atoms. The molecule has 0 aliphatic carbocycles. The second-order valence-corrected chi connectivity index (χ2v) is 3.62. The minimum absolute atomic E-state index is 0.0265. The highest BCUT2D eigenvalue weighted by molar-refractivity contribution is 5.98. The summed E-state index contributed by atoms with van der Waals surface area (Å²) in [5.41, 5.74) is -0.992. The summed E-state index contributed by atoms with van der Waals surface area (Å²) in [6.07, 6.45) is 0.811. The molecule has 0 saturated heterocycles. The quantitative estimate of drug-likeness (QED) is 0.378. The fourth-order valence-electron chi connectivity index (χ4n) is 1.32. The van der Waals surface area contributed by atoms with Gasteiger partial charge in [0.15, 0.2) is 0 Å². The molecule has 0 aliphatic rings. The van der Waals surface area contributed by atoms with E-state index in [1.165, 1.54) is 6.07 Å². The average molecular weight is 298 g/mol. The van der Waals surface area contributed by atoms with Crippen molar-refractivity contribution in [2.45, 2.75) is 0 Å². The summed E-state index contributed by atoms with van der Waals surface area (Å²) in [5, 5.41) is 12.9. The number of nitro groups is 1. The SMILES string of the molecule is COC(=O)/C=C(/Nc1ccc([N+](=O)[O-])c(F)c1)C(=O)OC. The maximum atomic E-state index is 13.5. The van der Waals surface area contributed by atoms with Crippen molar-refractivity contribution < 1.29 is 28.4 Å². The van der Waals surface area contributed by atoms with Crippen molar-refractivity contribution in [2.24, 2.45) is 0 Å². The Kier molecular flexibility index (Phi) is 5.35. The highest BCUT2D eigenvalue weighted by atomic mass is 19.1. The molecule has 0 radical (unpaired) electrons. The van der Waals surface area contributed by atoms with Gasteiger partial charge >= 0.3 is 17.6 Å². The van der Waals surface area contributed by atoms with Crippen molar-refractivity contribution in [3.05, 3.63) is 45.9 Å². The fraction of sp³-hybridized carbons (Fsp3) is 0.167. The van der Waals surface area contributed by atoms with Gasteiger partial charge in [-0.1, -0.05) is 0 Å². The van der Waals surface area contributed by atoms with Gasteiger partial charge in [-0.3, -0.25) is 10.1 Å². The van der Waals surface area contributed by atoms with Crippen LogP contribution in [0.25, 0.3) is 0 Å². The first-order chi connectivity index (χ1) is 9.88. The van der Waals surface area contributed by atoms with E-state index in [9.17, 15) is 24.1 Å². The normalized spacial score (nSPS) is 10.7. The van der Waals surface area contributed by atoms with Gasteiger partial charge in [-0.25, -0.2) is 9.59 Å². The second-order valence-electron chi connectivity index (χ2n) is 3.62. The molecule has 1 aromatic rings. The Hall–Kier alpha value is -2.97. The molecule has 1 aromatic carbocycles. The Morgan fingerprint density at radius 3 is 2.48 bits per heavy atom. The Morgan fingerprint density at radius 2 is 2.00 bits per heavy atom. The van der Waals surface area contributed by atoms with Crippen LogP contribution >= 0.6 is 0 Å². The van der Waals surface area contributed by atoms with Gasteiger partial charge in [-0.15, -0.1) is 0 Å². The van der Waals surface area contributed by atoms with Crippen molar-refractivity contribution in [1.82, 2.24) is 0 Å². The summed E-state index contributed by atoms with van der Waals surface area (Å²) in [6.45, 7) is 0. The number of anilines is 1. The van der Waals surface area contributed by atoms with Crippen LogP contribution < -0.4 is 5.32 Å². The van der Waals surface area contributed by atoms with Crippen molar-refractivity contribution in [1.29, 1.82) is 0 Å². The molecule has 0 fully saturated rings. The van der Waals surface area contributed by atoms with Crippen molar-refractivity contribution >= 4 is 23.3 Å². The molecule has 0 aromatic heterocycles. The van der Waals surface area contributed by atoms with Crippen LogP contribution in [-0.2, 0) is 19.1 Å². The number of benzene rings is 1. The number of esters is 2. The molecule has 9 heteroatoms. The van der Waals surface area contributed by atoms with E-state index >= 15 is 0 Å². The standard InChI is InChI=1S/C12H11FN2O6/c1-20-11(16)6-9(12(17)21-2)14-7-3-4-10(15(18)19)8(13)5-7/h3-6,14H,1-2H3/b9-6+. The molecule has 0 saturated carbocycles. The third-order valence-electron chi connectivity index (χ3n) is 2.29. The predicted molar refractivity (Wildman–Crippen MR) is 68.8 cm³/mol. The van der Waals surface area contributed by atoms with E-state index in [0.717, 1.165) is 32.4 Å². The van der Waals surface area contributed by atoms with Crippen LogP contribution in [0.15, 0.2) is 30.0 Å². The van der Waals surface area contributed by atoms with E-state index in [0.29, 0.717) is 0 Å². The molecule has 0 heterocycles. The lowest BCUT2D eigenvalue weighted by Gasteiger charge is -2.09. The molecular weight excluding hydrogens is 287 g/mol. The van der Waals surface area contributed by atoms with Crippen molar-refractivity contribution in [2.75, 3.05) is 19.5 Å². The minimum atomic E-state index is -1.09. The van der Waals surface area contributed by atoms with Gasteiger partial charge < -0.3 is 14.8 Å². The number of carbonyl (C=O) groups is 2. The summed E-state index contributed by atoms with van der Waals surface area (Å²) in [4.78, 5) is 32.2. The lowest BCUT2D eigenvalue weighted by molar-refractivity contribution is -0.387. The Bertz CT molecular complexity index is 614. The number of nitro benzene ring substituents is 1. The first kappa shape index (κ1) is 16.1. The Labute approximate surface area is 118 Å². The van der Waals surface area contributed by atoms with Crippen LogP contribution in [0.4, 0.5) is 15.8 Å². The summed E-state index contributed by atoms with van der Waals surface area (Å²) in [5.74, 6) is -2.81. The Balaban J connectivity index is 3.07. The van der Waals surface area contributed by atoms with Crippen LogP contribution in [0.2, 0.25) is 0 Å². The molecule has 0 unspecified atom stereocenters. The van der Waals surface area contributed by atoms with Crippen LogP contribution in [0, 0.1) is 15.9 Å². The average Bonchev–Trinajstić information content (AvgIpc) is 2.45. The number of halogens is 1. The van der Waals surface area contributed by atoms with Gasteiger partial charge in [0.2, 0.25) is 5.82 Å². The fourth-order valence-corrected chi connectivity index (χ4v) is 1.32. The summed E-state index contributed by atoms with van der Waals surface area (Å²) < 4.78 is 22.3. The van der Waals surface area contributed by atoms with Crippen LogP contribution in [0.5, 0.6) is 0 Å². The topological polar surface area (TPSA) is 108 Å². The number of ether oxygens (including phenoxy) is 2. The second kappa shape index (κ2) is 6.98. The number of hydrogen-bond acceptors (Lipinski definition) is 7. The van der Waals surface area contributed by atoms with Gasteiger partial charge in [0.05, 0.1) is 25.2 Å². The molecule has 112 valence electrons. The molecule has 21 heavy (non-hydrogen) atoms. The third-order valence-corrected chi connectivity index (χ3v) is 2.29. The summed E-state index contributed by atoms with van der Waals surface area (Å²) in [7, 11) is 2.20. The zero-order valence-corrected chi connectivity index (χ0v) is 11.1. The molecule has 0 bridgehead atoms. The largest absolute Gasteiger partial charge is 0.466 e. The summed E-state index contributed by atoms with van der Waals surface area (Å²) in [6, 6.07) is 2.91. The number of methoxy groups -OCH3 is 2. The van der Waals surface area contributed by atoms with Gasteiger partial charge in [0, 0.05) is 17.8 Å². The number of carbonyl (C=O) groups excluding carboxylic acids is 2. The van der Waals surface area contributed by atoms with E-state index < -0.39 is 28.4 Å².